The average Bonchev–Trinajstić information content (AvgIpc) is 2.69. The van der Waals surface area contributed by atoms with Gasteiger partial charge in [-0.05, 0) is 38.9 Å². The molecule has 0 spiro atoms. The molecule has 1 amide bonds. The fourth-order valence-electron chi connectivity index (χ4n) is 2.53. The summed E-state index contributed by atoms with van der Waals surface area (Å²) in [5.41, 5.74) is 0. The Morgan fingerprint density at radius 3 is 2.50 bits per heavy atom. The lowest BCUT2D eigenvalue weighted by atomic mass is 9.97. The molecular weight excluding hydrogens is 226 g/mol. The summed E-state index contributed by atoms with van der Waals surface area (Å²) in [6, 6.07) is 0.429. The number of hydrogen-bond acceptors (Lipinski definition) is 3. The second-order valence-corrected chi connectivity index (χ2v) is 6.23. The Morgan fingerprint density at radius 1 is 1.39 bits per heavy atom. The molecule has 1 heterocycles. The zero-order valence-electron chi connectivity index (χ0n) is 12.5. The van der Waals surface area contributed by atoms with Gasteiger partial charge in [-0.3, -0.25) is 4.79 Å². The molecule has 2 N–H and O–H groups in total. The van der Waals surface area contributed by atoms with E-state index in [0.717, 1.165) is 26.1 Å². The van der Waals surface area contributed by atoms with Gasteiger partial charge in [0.2, 0.25) is 5.91 Å². The van der Waals surface area contributed by atoms with Gasteiger partial charge in [0, 0.05) is 19.1 Å². The van der Waals surface area contributed by atoms with Crippen molar-refractivity contribution in [1.82, 2.24) is 15.5 Å². The van der Waals surface area contributed by atoms with E-state index in [1.165, 1.54) is 0 Å². The Hall–Kier alpha value is -0.610. The van der Waals surface area contributed by atoms with E-state index in [1.807, 2.05) is 0 Å². The molecule has 3 atom stereocenters. The first-order chi connectivity index (χ1) is 8.41. The minimum atomic E-state index is 0.145. The third-order valence-corrected chi connectivity index (χ3v) is 3.84. The summed E-state index contributed by atoms with van der Waals surface area (Å²) in [7, 11) is 4.16. The molecular formula is C14H29N3O. The number of nitrogens with one attached hydrogen (secondary N) is 2. The highest BCUT2D eigenvalue weighted by Gasteiger charge is 2.29. The predicted molar refractivity (Wildman–Crippen MR) is 75.5 cm³/mol. The van der Waals surface area contributed by atoms with Crippen LogP contribution in [0.2, 0.25) is 0 Å². The van der Waals surface area contributed by atoms with Crippen LogP contribution in [-0.2, 0) is 4.79 Å². The minimum absolute atomic E-state index is 0.145. The zero-order chi connectivity index (χ0) is 13.7. The van der Waals surface area contributed by atoms with Gasteiger partial charge in [-0.15, -0.1) is 0 Å². The summed E-state index contributed by atoms with van der Waals surface area (Å²) in [4.78, 5) is 14.3. The second-order valence-electron chi connectivity index (χ2n) is 6.23. The van der Waals surface area contributed by atoms with Crippen LogP contribution in [0.1, 0.15) is 27.2 Å². The molecule has 0 aliphatic carbocycles. The summed E-state index contributed by atoms with van der Waals surface area (Å²) >= 11 is 0. The van der Waals surface area contributed by atoms with E-state index in [1.54, 1.807) is 0 Å². The molecule has 0 aromatic rings. The highest BCUT2D eigenvalue weighted by Crippen LogP contribution is 2.16. The maximum Gasteiger partial charge on any atom is 0.224 e. The van der Waals surface area contributed by atoms with Crippen LogP contribution in [-0.4, -0.2) is 50.6 Å². The van der Waals surface area contributed by atoms with Crippen LogP contribution in [0.4, 0.5) is 0 Å². The van der Waals surface area contributed by atoms with Gasteiger partial charge in [0.1, 0.15) is 0 Å². The molecule has 18 heavy (non-hydrogen) atoms. The number of hydrogen-bond donors (Lipinski definition) is 2. The largest absolute Gasteiger partial charge is 0.354 e. The standard InChI is InChI=1S/C14H29N3O/c1-10(2)6-12(17(4)5)8-16-14(18)13-9-15-7-11(13)3/h10-13,15H,6-9H2,1-5H3,(H,16,18)/t11-,12?,13-/m1/s1. The molecule has 0 saturated carbocycles. The Labute approximate surface area is 111 Å². The van der Waals surface area contributed by atoms with Crippen LogP contribution < -0.4 is 10.6 Å². The van der Waals surface area contributed by atoms with Crippen molar-refractivity contribution in [3.05, 3.63) is 0 Å². The van der Waals surface area contributed by atoms with Gasteiger partial charge in [0.05, 0.1) is 5.92 Å². The van der Waals surface area contributed by atoms with Crippen LogP contribution in [0.25, 0.3) is 0 Å². The van der Waals surface area contributed by atoms with Gasteiger partial charge in [-0.2, -0.15) is 0 Å². The van der Waals surface area contributed by atoms with Gasteiger partial charge >= 0.3 is 0 Å². The Kier molecular flexibility index (Phi) is 6.09. The molecule has 1 aliphatic heterocycles. The van der Waals surface area contributed by atoms with Gasteiger partial charge in [0.25, 0.3) is 0 Å². The molecule has 1 unspecified atom stereocenters. The molecule has 0 aromatic carbocycles. The number of carbonyl (C=O) groups is 1. The molecule has 0 bridgehead atoms. The number of amides is 1. The van der Waals surface area contributed by atoms with Crippen molar-refractivity contribution in [2.24, 2.45) is 17.8 Å². The highest BCUT2D eigenvalue weighted by molar-refractivity contribution is 5.79. The summed E-state index contributed by atoms with van der Waals surface area (Å²) < 4.78 is 0. The monoisotopic (exact) mass is 255 g/mol. The molecule has 1 aliphatic rings. The Bertz CT molecular complexity index is 266. The van der Waals surface area contributed by atoms with Gasteiger partial charge in [0.15, 0.2) is 0 Å². The lowest BCUT2D eigenvalue weighted by Gasteiger charge is -2.27. The van der Waals surface area contributed by atoms with Gasteiger partial charge < -0.3 is 15.5 Å². The predicted octanol–water partition coefficient (Wildman–Crippen LogP) is 0.934. The second kappa shape index (κ2) is 7.10. The van der Waals surface area contributed by atoms with Crippen molar-refractivity contribution < 1.29 is 4.79 Å². The lowest BCUT2D eigenvalue weighted by Crippen LogP contribution is -2.44. The first-order valence-corrected chi connectivity index (χ1v) is 7.06. The third-order valence-electron chi connectivity index (χ3n) is 3.84. The smallest absolute Gasteiger partial charge is 0.224 e. The SMILES string of the molecule is CC(C)CC(CNC(=O)[C@@H]1CNC[C@H]1C)N(C)C. The van der Waals surface area contributed by atoms with Crippen molar-refractivity contribution in [3.63, 3.8) is 0 Å². The Balaban J connectivity index is 2.39. The van der Waals surface area contributed by atoms with Crippen molar-refractivity contribution in [2.75, 3.05) is 33.7 Å². The lowest BCUT2D eigenvalue weighted by molar-refractivity contribution is -0.125. The number of likely N-dealkylation sites (N-methyl/N-ethyl adjacent to an activating group) is 1. The van der Waals surface area contributed by atoms with E-state index in [0.29, 0.717) is 17.9 Å². The first-order valence-electron chi connectivity index (χ1n) is 7.06. The van der Waals surface area contributed by atoms with E-state index >= 15 is 0 Å². The van der Waals surface area contributed by atoms with Crippen LogP contribution >= 0.6 is 0 Å². The van der Waals surface area contributed by atoms with Crippen molar-refractivity contribution in [2.45, 2.75) is 33.2 Å². The maximum absolute atomic E-state index is 12.1. The van der Waals surface area contributed by atoms with E-state index in [2.05, 4.69) is 50.4 Å². The summed E-state index contributed by atoms with van der Waals surface area (Å²) in [5.74, 6) is 1.46. The van der Waals surface area contributed by atoms with Crippen molar-refractivity contribution in [3.8, 4) is 0 Å². The molecule has 4 heteroatoms. The zero-order valence-corrected chi connectivity index (χ0v) is 12.5. The first kappa shape index (κ1) is 15.4. The molecule has 106 valence electrons. The third kappa shape index (κ3) is 4.58. The van der Waals surface area contributed by atoms with E-state index < -0.39 is 0 Å². The van der Waals surface area contributed by atoms with Gasteiger partial charge in [-0.1, -0.05) is 20.8 Å². The molecule has 0 radical (unpaired) electrons. The van der Waals surface area contributed by atoms with Crippen LogP contribution in [0.5, 0.6) is 0 Å². The van der Waals surface area contributed by atoms with E-state index in [9.17, 15) is 4.79 Å². The fraction of sp³-hybridized carbons (Fsp3) is 0.929. The molecule has 1 rings (SSSR count). The average molecular weight is 255 g/mol. The van der Waals surface area contributed by atoms with Crippen LogP contribution in [0, 0.1) is 17.8 Å². The van der Waals surface area contributed by atoms with E-state index in [4.69, 9.17) is 0 Å². The minimum Gasteiger partial charge on any atom is -0.354 e. The molecule has 1 saturated heterocycles. The van der Waals surface area contributed by atoms with E-state index in [-0.39, 0.29) is 11.8 Å². The Morgan fingerprint density at radius 2 is 2.06 bits per heavy atom. The van der Waals surface area contributed by atoms with Crippen LogP contribution in [0.15, 0.2) is 0 Å². The highest BCUT2D eigenvalue weighted by atomic mass is 16.1. The normalized spacial score (nSPS) is 25.7. The molecule has 0 aromatic heterocycles. The molecule has 1 fully saturated rings. The summed E-state index contributed by atoms with van der Waals surface area (Å²) in [6.07, 6.45) is 1.12. The maximum atomic E-state index is 12.1. The van der Waals surface area contributed by atoms with Crippen molar-refractivity contribution in [1.29, 1.82) is 0 Å². The topological polar surface area (TPSA) is 44.4 Å². The fourth-order valence-corrected chi connectivity index (χ4v) is 2.53. The molecule has 4 nitrogen and oxygen atoms in total. The summed E-state index contributed by atoms with van der Waals surface area (Å²) in [5, 5.41) is 6.40. The van der Waals surface area contributed by atoms with Gasteiger partial charge in [-0.25, -0.2) is 0 Å². The number of carbonyl (C=O) groups excluding carboxylic acids is 1. The van der Waals surface area contributed by atoms with Crippen molar-refractivity contribution >= 4 is 5.91 Å². The number of rotatable bonds is 6. The quantitative estimate of drug-likeness (QED) is 0.742. The summed E-state index contributed by atoms with van der Waals surface area (Å²) in [6.45, 7) is 9.13. The van der Waals surface area contributed by atoms with Crippen LogP contribution in [0.3, 0.4) is 0 Å². The number of nitrogens with zero attached hydrogens (tertiary/aromatic N) is 1.